The molecule has 176 valence electrons. The minimum absolute atomic E-state index is 0.0826. The molecule has 0 bridgehead atoms. The van der Waals surface area contributed by atoms with E-state index in [-0.39, 0.29) is 11.5 Å². The Balaban J connectivity index is 1.28. The molecule has 2 aromatic carbocycles. The summed E-state index contributed by atoms with van der Waals surface area (Å²) >= 11 is 6.28. The average Bonchev–Trinajstić information content (AvgIpc) is 3.34. The standard InChI is InChI=1S/C27H21ClFN3O3/c28-18-3-5-20-22(16-32(24(20)12-18)15-17-2-1-9-30-14-17)25(33)31-10-7-27(8-11-31)23-6-4-19(29)13-21(23)26(34)35-27/h1-6,9,12-14,16H,7-8,10-11,15H2. The van der Waals surface area contributed by atoms with Crippen LogP contribution in [0.2, 0.25) is 5.02 Å². The SMILES string of the molecule is O=C1OC2(CCN(C(=O)c3cn(Cc4cccnc4)c4cc(Cl)ccc34)CC2)c2ccc(F)cc21. The van der Waals surface area contributed by atoms with Crippen LogP contribution in [0.5, 0.6) is 0 Å². The number of esters is 1. The number of aromatic nitrogens is 2. The number of likely N-dealkylation sites (tertiary alicyclic amines) is 1. The van der Waals surface area contributed by atoms with Crippen molar-refractivity contribution in [2.75, 3.05) is 13.1 Å². The molecule has 6 nitrogen and oxygen atoms in total. The quantitative estimate of drug-likeness (QED) is 0.372. The number of carbonyl (C=O) groups is 2. The fraction of sp³-hybridized carbons (Fsp3) is 0.222. The van der Waals surface area contributed by atoms with Crippen LogP contribution in [-0.2, 0) is 16.9 Å². The lowest BCUT2D eigenvalue weighted by atomic mass is 9.83. The van der Waals surface area contributed by atoms with Gasteiger partial charge in [-0.1, -0.05) is 29.8 Å². The van der Waals surface area contributed by atoms with Crippen molar-refractivity contribution in [2.24, 2.45) is 0 Å². The lowest BCUT2D eigenvalue weighted by Gasteiger charge is -2.38. The Labute approximate surface area is 205 Å². The zero-order valence-corrected chi connectivity index (χ0v) is 19.5. The van der Waals surface area contributed by atoms with Crippen LogP contribution in [0.15, 0.2) is 67.1 Å². The van der Waals surface area contributed by atoms with Gasteiger partial charge in [-0.3, -0.25) is 9.78 Å². The number of benzene rings is 2. The third-order valence-corrected chi connectivity index (χ3v) is 7.22. The van der Waals surface area contributed by atoms with Crippen LogP contribution in [0.1, 0.15) is 44.7 Å². The van der Waals surface area contributed by atoms with E-state index in [1.807, 2.05) is 35.0 Å². The molecular weight excluding hydrogens is 469 g/mol. The summed E-state index contributed by atoms with van der Waals surface area (Å²) in [6.07, 6.45) is 6.32. The first-order chi connectivity index (χ1) is 16.9. The van der Waals surface area contributed by atoms with Crippen molar-refractivity contribution in [3.8, 4) is 0 Å². The molecular formula is C27H21ClFN3O3. The van der Waals surface area contributed by atoms with Gasteiger partial charge in [0, 0.05) is 67.0 Å². The van der Waals surface area contributed by atoms with E-state index in [0.717, 1.165) is 16.5 Å². The smallest absolute Gasteiger partial charge is 0.339 e. The predicted octanol–water partition coefficient (Wildman–Crippen LogP) is 5.18. The molecule has 6 rings (SSSR count). The topological polar surface area (TPSA) is 64.4 Å². The van der Waals surface area contributed by atoms with Gasteiger partial charge in [0.2, 0.25) is 0 Å². The van der Waals surface area contributed by atoms with Gasteiger partial charge >= 0.3 is 5.97 Å². The highest BCUT2D eigenvalue weighted by Crippen LogP contribution is 2.44. The molecule has 1 amide bonds. The Morgan fingerprint density at radius 3 is 2.74 bits per heavy atom. The lowest BCUT2D eigenvalue weighted by Crippen LogP contribution is -2.45. The van der Waals surface area contributed by atoms with Gasteiger partial charge in [0.25, 0.3) is 5.91 Å². The van der Waals surface area contributed by atoms with Gasteiger partial charge < -0.3 is 14.2 Å². The molecule has 0 N–H and O–H groups in total. The van der Waals surface area contributed by atoms with E-state index in [4.69, 9.17) is 16.3 Å². The number of fused-ring (bicyclic) bond motifs is 3. The van der Waals surface area contributed by atoms with Crippen LogP contribution in [0.3, 0.4) is 0 Å². The highest BCUT2D eigenvalue weighted by molar-refractivity contribution is 6.31. The normalized spacial score (nSPS) is 16.5. The van der Waals surface area contributed by atoms with Gasteiger partial charge in [-0.25, -0.2) is 9.18 Å². The number of nitrogens with zero attached hydrogens (tertiary/aromatic N) is 3. The summed E-state index contributed by atoms with van der Waals surface area (Å²) in [5.41, 5.74) is 2.67. The highest BCUT2D eigenvalue weighted by Gasteiger charge is 2.48. The maximum Gasteiger partial charge on any atom is 0.339 e. The Bertz CT molecular complexity index is 1480. The van der Waals surface area contributed by atoms with Crippen molar-refractivity contribution < 1.29 is 18.7 Å². The third kappa shape index (κ3) is 3.67. The van der Waals surface area contributed by atoms with E-state index < -0.39 is 17.4 Å². The molecule has 0 aliphatic carbocycles. The van der Waals surface area contributed by atoms with Crippen LogP contribution >= 0.6 is 11.6 Å². The molecule has 0 atom stereocenters. The van der Waals surface area contributed by atoms with Crippen LogP contribution < -0.4 is 0 Å². The van der Waals surface area contributed by atoms with Crippen molar-refractivity contribution >= 4 is 34.4 Å². The summed E-state index contributed by atoms with van der Waals surface area (Å²) in [5.74, 6) is -1.05. The first-order valence-corrected chi connectivity index (χ1v) is 11.8. The summed E-state index contributed by atoms with van der Waals surface area (Å²) in [7, 11) is 0. The van der Waals surface area contributed by atoms with Gasteiger partial charge in [-0.15, -0.1) is 0 Å². The Morgan fingerprint density at radius 1 is 1.14 bits per heavy atom. The Morgan fingerprint density at radius 2 is 1.97 bits per heavy atom. The summed E-state index contributed by atoms with van der Waals surface area (Å²) in [6.45, 7) is 1.40. The zero-order chi connectivity index (χ0) is 24.2. The van der Waals surface area contributed by atoms with E-state index in [9.17, 15) is 14.0 Å². The van der Waals surface area contributed by atoms with Crippen LogP contribution in [-0.4, -0.2) is 39.4 Å². The second-order valence-corrected chi connectivity index (χ2v) is 9.50. The van der Waals surface area contributed by atoms with E-state index >= 15 is 0 Å². The molecule has 35 heavy (non-hydrogen) atoms. The van der Waals surface area contributed by atoms with Gasteiger partial charge in [-0.2, -0.15) is 0 Å². The molecule has 1 fully saturated rings. The van der Waals surface area contributed by atoms with Gasteiger partial charge in [0.1, 0.15) is 11.4 Å². The maximum absolute atomic E-state index is 13.7. The second kappa shape index (κ2) is 8.20. The number of halogens is 2. The molecule has 2 aromatic heterocycles. The molecule has 0 radical (unpaired) electrons. The first kappa shape index (κ1) is 21.8. The summed E-state index contributed by atoms with van der Waals surface area (Å²) in [6, 6.07) is 13.6. The molecule has 0 unspecified atom stereocenters. The fourth-order valence-electron chi connectivity index (χ4n) is 5.24. The van der Waals surface area contributed by atoms with Crippen molar-refractivity contribution in [3.05, 3.63) is 100 Å². The van der Waals surface area contributed by atoms with Crippen molar-refractivity contribution in [1.82, 2.24) is 14.5 Å². The van der Waals surface area contributed by atoms with E-state index in [0.29, 0.717) is 48.6 Å². The molecule has 1 saturated heterocycles. The Kier molecular flexibility index (Phi) is 5.11. The Hall–Kier alpha value is -3.71. The number of hydrogen-bond donors (Lipinski definition) is 0. The van der Waals surface area contributed by atoms with Crippen LogP contribution in [0, 0.1) is 5.82 Å². The summed E-state index contributed by atoms with van der Waals surface area (Å²) in [5, 5.41) is 1.43. The second-order valence-electron chi connectivity index (χ2n) is 9.06. The lowest BCUT2D eigenvalue weighted by molar-refractivity contribution is -0.0389. The van der Waals surface area contributed by atoms with E-state index in [1.165, 1.54) is 12.1 Å². The number of carbonyl (C=O) groups excluding carboxylic acids is 2. The largest absolute Gasteiger partial charge is 0.450 e. The fourth-order valence-corrected chi connectivity index (χ4v) is 5.40. The van der Waals surface area contributed by atoms with Crippen molar-refractivity contribution in [1.29, 1.82) is 0 Å². The number of piperidine rings is 1. The molecule has 4 aromatic rings. The number of hydrogen-bond acceptors (Lipinski definition) is 4. The van der Waals surface area contributed by atoms with Crippen LogP contribution in [0.25, 0.3) is 10.9 Å². The predicted molar refractivity (Wildman–Crippen MR) is 129 cm³/mol. The van der Waals surface area contributed by atoms with Gasteiger partial charge in [0.05, 0.1) is 16.6 Å². The molecule has 1 spiro atoms. The minimum atomic E-state index is -0.807. The summed E-state index contributed by atoms with van der Waals surface area (Å²) in [4.78, 5) is 32.0. The molecule has 2 aliphatic heterocycles. The van der Waals surface area contributed by atoms with Gasteiger partial charge in [-0.05, 0) is 35.9 Å². The van der Waals surface area contributed by atoms with Crippen molar-refractivity contribution in [3.63, 3.8) is 0 Å². The van der Waals surface area contributed by atoms with E-state index in [1.54, 1.807) is 29.4 Å². The minimum Gasteiger partial charge on any atom is -0.450 e. The first-order valence-electron chi connectivity index (χ1n) is 11.4. The number of pyridine rings is 1. The number of ether oxygens (including phenoxy) is 1. The number of amides is 1. The third-order valence-electron chi connectivity index (χ3n) is 6.99. The molecule has 0 saturated carbocycles. The molecule has 4 heterocycles. The van der Waals surface area contributed by atoms with E-state index in [2.05, 4.69) is 4.98 Å². The molecule has 8 heteroatoms. The molecule has 2 aliphatic rings. The monoisotopic (exact) mass is 489 g/mol. The summed E-state index contributed by atoms with van der Waals surface area (Å²) < 4.78 is 21.4. The maximum atomic E-state index is 13.7. The average molecular weight is 490 g/mol. The van der Waals surface area contributed by atoms with Crippen LogP contribution in [0.4, 0.5) is 4.39 Å². The highest BCUT2D eigenvalue weighted by atomic mass is 35.5. The van der Waals surface area contributed by atoms with Gasteiger partial charge in [0.15, 0.2) is 0 Å². The zero-order valence-electron chi connectivity index (χ0n) is 18.7. The van der Waals surface area contributed by atoms with Crippen molar-refractivity contribution in [2.45, 2.75) is 25.0 Å². The number of rotatable bonds is 3.